The van der Waals surface area contributed by atoms with E-state index >= 15 is 0 Å². The summed E-state index contributed by atoms with van der Waals surface area (Å²) in [5, 5.41) is 5.76. The zero-order valence-corrected chi connectivity index (χ0v) is 11.0. The van der Waals surface area contributed by atoms with Gasteiger partial charge in [-0.2, -0.15) is 0 Å². The van der Waals surface area contributed by atoms with E-state index in [1.165, 1.54) is 5.56 Å². The molecule has 0 fully saturated rings. The van der Waals surface area contributed by atoms with E-state index in [1.54, 1.807) is 0 Å². The molecule has 2 amide bonds. The number of carbonyl (C=O) groups excluding carboxylic acids is 1. The van der Waals surface area contributed by atoms with Gasteiger partial charge in [-0.3, -0.25) is 0 Å². The number of hydrogen-bond donors (Lipinski definition) is 3. The highest BCUT2D eigenvalue weighted by Gasteiger charge is 2.21. The average molecular weight is 247 g/mol. The van der Waals surface area contributed by atoms with Crippen LogP contribution < -0.4 is 16.4 Å². The normalized spacial score (nSPS) is 17.7. The third kappa shape index (κ3) is 2.82. The molecule has 1 atom stereocenters. The molecule has 1 aromatic rings. The van der Waals surface area contributed by atoms with Gasteiger partial charge in [0.05, 0.1) is 0 Å². The molecule has 0 aliphatic heterocycles. The molecule has 98 valence electrons. The Morgan fingerprint density at radius 1 is 1.50 bits per heavy atom. The monoisotopic (exact) mass is 247 g/mol. The lowest BCUT2D eigenvalue weighted by Crippen LogP contribution is -2.32. The summed E-state index contributed by atoms with van der Waals surface area (Å²) in [5.74, 6) is 0.450. The molecule has 4 nitrogen and oxygen atoms in total. The van der Waals surface area contributed by atoms with E-state index in [2.05, 4.69) is 24.5 Å². The van der Waals surface area contributed by atoms with Gasteiger partial charge < -0.3 is 16.4 Å². The van der Waals surface area contributed by atoms with Crippen LogP contribution in [0.1, 0.15) is 37.4 Å². The van der Waals surface area contributed by atoms with Crippen molar-refractivity contribution in [1.82, 2.24) is 5.32 Å². The number of nitrogens with one attached hydrogen (secondary N) is 2. The van der Waals surface area contributed by atoms with Gasteiger partial charge >= 0.3 is 6.03 Å². The van der Waals surface area contributed by atoms with Gasteiger partial charge in [-0.15, -0.1) is 0 Å². The summed E-state index contributed by atoms with van der Waals surface area (Å²) in [6.07, 6.45) is 1.90. The number of carbonyl (C=O) groups is 1. The van der Waals surface area contributed by atoms with Crippen LogP contribution in [-0.4, -0.2) is 12.6 Å². The number of urea groups is 1. The molecule has 0 saturated heterocycles. The molecule has 1 unspecified atom stereocenters. The molecule has 18 heavy (non-hydrogen) atoms. The van der Waals surface area contributed by atoms with Crippen LogP contribution in [0.25, 0.3) is 0 Å². The van der Waals surface area contributed by atoms with Gasteiger partial charge in [0.15, 0.2) is 0 Å². The Morgan fingerprint density at radius 2 is 2.28 bits per heavy atom. The minimum Gasteiger partial charge on any atom is -0.338 e. The predicted molar refractivity (Wildman–Crippen MR) is 73.6 cm³/mol. The smallest absolute Gasteiger partial charge is 0.319 e. The third-order valence-corrected chi connectivity index (χ3v) is 3.24. The van der Waals surface area contributed by atoms with Crippen molar-refractivity contribution in [1.29, 1.82) is 0 Å². The molecule has 4 heteroatoms. The van der Waals surface area contributed by atoms with Crippen molar-refractivity contribution >= 4 is 11.7 Å². The molecular weight excluding hydrogens is 226 g/mol. The summed E-state index contributed by atoms with van der Waals surface area (Å²) in [6, 6.07) is 5.90. The first-order valence-electron chi connectivity index (χ1n) is 6.50. The first kappa shape index (κ1) is 12.9. The molecule has 1 aliphatic carbocycles. The van der Waals surface area contributed by atoms with E-state index in [0.29, 0.717) is 12.5 Å². The van der Waals surface area contributed by atoms with Crippen molar-refractivity contribution < 1.29 is 4.79 Å². The van der Waals surface area contributed by atoms with Gasteiger partial charge in [-0.25, -0.2) is 4.79 Å². The Kier molecular flexibility index (Phi) is 3.87. The first-order valence-corrected chi connectivity index (χ1v) is 6.50. The lowest BCUT2D eigenvalue weighted by Gasteiger charge is -2.13. The highest BCUT2D eigenvalue weighted by molar-refractivity contribution is 5.90. The molecule has 0 radical (unpaired) electrons. The van der Waals surface area contributed by atoms with E-state index in [1.807, 2.05) is 18.2 Å². The standard InChI is InChI=1S/C14H21N3O/c1-9(2)8-16-14(18)17-13-5-3-4-10-11(13)6-7-12(10)15/h3-5,9,12H,6-8,15H2,1-2H3,(H2,16,17,18). The summed E-state index contributed by atoms with van der Waals surface area (Å²) in [7, 11) is 0. The molecule has 0 bridgehead atoms. The fourth-order valence-electron chi connectivity index (χ4n) is 2.27. The van der Waals surface area contributed by atoms with E-state index < -0.39 is 0 Å². The minimum absolute atomic E-state index is 0.112. The lowest BCUT2D eigenvalue weighted by atomic mass is 10.1. The summed E-state index contributed by atoms with van der Waals surface area (Å²) < 4.78 is 0. The average Bonchev–Trinajstić information content (AvgIpc) is 2.70. The number of hydrogen-bond acceptors (Lipinski definition) is 2. The number of benzene rings is 1. The van der Waals surface area contributed by atoms with Crippen LogP contribution in [0.4, 0.5) is 10.5 Å². The first-order chi connectivity index (χ1) is 8.58. The van der Waals surface area contributed by atoms with E-state index in [-0.39, 0.29) is 12.1 Å². The van der Waals surface area contributed by atoms with Crippen LogP contribution in [0, 0.1) is 5.92 Å². The van der Waals surface area contributed by atoms with Gasteiger partial charge in [0, 0.05) is 18.3 Å². The topological polar surface area (TPSA) is 67.2 Å². The number of amides is 2. The molecule has 0 aromatic heterocycles. The zero-order chi connectivity index (χ0) is 13.1. The number of anilines is 1. The highest BCUT2D eigenvalue weighted by atomic mass is 16.2. The van der Waals surface area contributed by atoms with Gasteiger partial charge in [0.1, 0.15) is 0 Å². The second-order valence-electron chi connectivity index (χ2n) is 5.25. The molecule has 1 aliphatic rings. The molecule has 1 aromatic carbocycles. The Morgan fingerprint density at radius 3 is 3.00 bits per heavy atom. The van der Waals surface area contributed by atoms with Crippen LogP contribution in [-0.2, 0) is 6.42 Å². The van der Waals surface area contributed by atoms with Gasteiger partial charge in [0.2, 0.25) is 0 Å². The number of fused-ring (bicyclic) bond motifs is 1. The van der Waals surface area contributed by atoms with Crippen LogP contribution in [0.3, 0.4) is 0 Å². The maximum atomic E-state index is 11.7. The van der Waals surface area contributed by atoms with Crippen molar-refractivity contribution in [3.8, 4) is 0 Å². The van der Waals surface area contributed by atoms with E-state index in [9.17, 15) is 4.79 Å². The van der Waals surface area contributed by atoms with Crippen molar-refractivity contribution in [2.75, 3.05) is 11.9 Å². The number of nitrogens with two attached hydrogens (primary N) is 1. The maximum Gasteiger partial charge on any atom is 0.319 e. The van der Waals surface area contributed by atoms with Gasteiger partial charge in [-0.05, 0) is 36.0 Å². The van der Waals surface area contributed by atoms with Crippen molar-refractivity contribution in [3.05, 3.63) is 29.3 Å². The quantitative estimate of drug-likeness (QED) is 0.768. The predicted octanol–water partition coefficient (Wildman–Crippen LogP) is 2.41. The SMILES string of the molecule is CC(C)CNC(=O)Nc1cccc2c1CCC2N. The summed E-state index contributed by atoms with van der Waals surface area (Å²) >= 11 is 0. The van der Waals surface area contributed by atoms with Gasteiger partial charge in [-0.1, -0.05) is 26.0 Å². The molecule has 0 heterocycles. The van der Waals surface area contributed by atoms with E-state index in [4.69, 9.17) is 5.73 Å². The second kappa shape index (κ2) is 5.40. The van der Waals surface area contributed by atoms with Crippen molar-refractivity contribution in [2.45, 2.75) is 32.7 Å². The summed E-state index contributed by atoms with van der Waals surface area (Å²) in [4.78, 5) is 11.7. The Bertz CT molecular complexity index is 443. The maximum absolute atomic E-state index is 11.7. The summed E-state index contributed by atoms with van der Waals surface area (Å²) in [5.41, 5.74) is 9.26. The molecule has 0 spiro atoms. The molecule has 2 rings (SSSR count). The highest BCUT2D eigenvalue weighted by Crippen LogP contribution is 2.34. The molecular formula is C14H21N3O. The second-order valence-corrected chi connectivity index (χ2v) is 5.25. The Hall–Kier alpha value is -1.55. The fraction of sp³-hybridized carbons (Fsp3) is 0.500. The Labute approximate surface area is 108 Å². The summed E-state index contributed by atoms with van der Waals surface area (Å²) in [6.45, 7) is 4.82. The van der Waals surface area contributed by atoms with Crippen LogP contribution >= 0.6 is 0 Å². The zero-order valence-electron chi connectivity index (χ0n) is 11.0. The number of rotatable bonds is 3. The van der Waals surface area contributed by atoms with Crippen LogP contribution in [0.15, 0.2) is 18.2 Å². The van der Waals surface area contributed by atoms with Crippen molar-refractivity contribution in [2.24, 2.45) is 11.7 Å². The van der Waals surface area contributed by atoms with Crippen LogP contribution in [0.5, 0.6) is 0 Å². The van der Waals surface area contributed by atoms with Gasteiger partial charge in [0.25, 0.3) is 0 Å². The molecule has 0 saturated carbocycles. The lowest BCUT2D eigenvalue weighted by molar-refractivity contribution is 0.251. The van der Waals surface area contributed by atoms with E-state index in [0.717, 1.165) is 24.1 Å². The largest absolute Gasteiger partial charge is 0.338 e. The third-order valence-electron chi connectivity index (χ3n) is 3.24. The van der Waals surface area contributed by atoms with Crippen LogP contribution in [0.2, 0.25) is 0 Å². The molecule has 4 N–H and O–H groups in total. The minimum atomic E-state index is -0.141. The fourth-order valence-corrected chi connectivity index (χ4v) is 2.27. The Balaban J connectivity index is 2.04. The van der Waals surface area contributed by atoms with Crippen molar-refractivity contribution in [3.63, 3.8) is 0 Å².